The van der Waals surface area contributed by atoms with Crippen LogP contribution >= 0.6 is 0 Å². The van der Waals surface area contributed by atoms with E-state index in [1.807, 2.05) is 6.20 Å². The van der Waals surface area contributed by atoms with Gasteiger partial charge in [0.2, 0.25) is 0 Å². The molecule has 2 aromatic rings. The van der Waals surface area contributed by atoms with Crippen LogP contribution in [0.25, 0.3) is 10.8 Å². The van der Waals surface area contributed by atoms with E-state index in [-0.39, 0.29) is 11.0 Å². The van der Waals surface area contributed by atoms with Crippen molar-refractivity contribution in [2.24, 2.45) is 7.05 Å². The van der Waals surface area contributed by atoms with Crippen molar-refractivity contribution in [3.05, 3.63) is 45.9 Å². The Bertz CT molecular complexity index is 736. The van der Waals surface area contributed by atoms with Crippen molar-refractivity contribution in [1.82, 2.24) is 4.57 Å². The van der Waals surface area contributed by atoms with Gasteiger partial charge in [-0.05, 0) is 34.6 Å². The first-order chi connectivity index (χ1) is 9.25. The molecule has 0 aliphatic rings. The number of hydrogen-bond donors (Lipinski definition) is 0. The second-order valence-electron chi connectivity index (χ2n) is 5.96. The quantitative estimate of drug-likeness (QED) is 0.750. The Morgan fingerprint density at radius 3 is 2.40 bits per heavy atom. The Balaban J connectivity index is 2.88. The number of esters is 1. The largest absolute Gasteiger partial charge is 0.465 e. The summed E-state index contributed by atoms with van der Waals surface area (Å²) in [6.07, 6.45) is 1.84. The Morgan fingerprint density at radius 1 is 1.20 bits per heavy atom. The lowest BCUT2D eigenvalue weighted by Gasteiger charge is -2.22. The third-order valence-electron chi connectivity index (χ3n) is 3.41. The van der Waals surface area contributed by atoms with Gasteiger partial charge in [-0.1, -0.05) is 20.8 Å². The molecule has 0 bridgehead atoms. The van der Waals surface area contributed by atoms with Gasteiger partial charge in [-0.25, -0.2) is 4.79 Å². The molecule has 0 aliphatic heterocycles. The molecule has 0 amide bonds. The van der Waals surface area contributed by atoms with Gasteiger partial charge in [-0.2, -0.15) is 0 Å². The number of rotatable bonds is 1. The van der Waals surface area contributed by atoms with Crippen LogP contribution in [-0.2, 0) is 17.2 Å². The zero-order valence-corrected chi connectivity index (χ0v) is 12.5. The second kappa shape index (κ2) is 4.78. The molecule has 0 fully saturated rings. The molecule has 20 heavy (non-hydrogen) atoms. The lowest BCUT2D eigenvalue weighted by molar-refractivity contribution is 0.0601. The van der Waals surface area contributed by atoms with Gasteiger partial charge >= 0.3 is 5.97 Å². The summed E-state index contributed by atoms with van der Waals surface area (Å²) in [7, 11) is 3.09. The van der Waals surface area contributed by atoms with Gasteiger partial charge < -0.3 is 9.30 Å². The maximum Gasteiger partial charge on any atom is 0.337 e. The fourth-order valence-electron chi connectivity index (χ4n) is 2.31. The maximum atomic E-state index is 12.2. The number of carbonyl (C=O) groups is 1. The predicted molar refractivity (Wildman–Crippen MR) is 79.2 cm³/mol. The first kappa shape index (κ1) is 14.3. The SMILES string of the molecule is COC(=O)c1ccc2c(=O)n(C)cc(C(C)(C)C)c2c1. The summed E-state index contributed by atoms with van der Waals surface area (Å²) < 4.78 is 6.33. The lowest BCUT2D eigenvalue weighted by atomic mass is 9.84. The Morgan fingerprint density at radius 2 is 1.85 bits per heavy atom. The first-order valence-corrected chi connectivity index (χ1v) is 6.48. The monoisotopic (exact) mass is 273 g/mol. The van der Waals surface area contributed by atoms with Crippen LogP contribution in [0.4, 0.5) is 0 Å². The van der Waals surface area contributed by atoms with Crippen molar-refractivity contribution in [1.29, 1.82) is 0 Å². The minimum Gasteiger partial charge on any atom is -0.465 e. The molecule has 0 atom stereocenters. The summed E-state index contributed by atoms with van der Waals surface area (Å²) in [4.78, 5) is 23.9. The van der Waals surface area contributed by atoms with Crippen molar-refractivity contribution < 1.29 is 9.53 Å². The van der Waals surface area contributed by atoms with Crippen LogP contribution in [0.5, 0.6) is 0 Å². The molecule has 106 valence electrons. The fourth-order valence-corrected chi connectivity index (χ4v) is 2.31. The molecule has 1 heterocycles. The molecular formula is C16H19NO3. The van der Waals surface area contributed by atoms with Gasteiger partial charge in [-0.15, -0.1) is 0 Å². The van der Waals surface area contributed by atoms with E-state index in [4.69, 9.17) is 4.74 Å². The van der Waals surface area contributed by atoms with Gasteiger partial charge in [0, 0.05) is 18.6 Å². The third kappa shape index (κ3) is 2.33. The number of aryl methyl sites for hydroxylation is 1. The number of methoxy groups -OCH3 is 1. The van der Waals surface area contributed by atoms with E-state index >= 15 is 0 Å². The zero-order valence-electron chi connectivity index (χ0n) is 12.5. The molecule has 0 spiro atoms. The van der Waals surface area contributed by atoms with E-state index in [0.717, 1.165) is 10.9 Å². The van der Waals surface area contributed by atoms with Crippen LogP contribution in [0.2, 0.25) is 0 Å². The summed E-state index contributed by atoms with van der Waals surface area (Å²) in [5, 5.41) is 1.43. The lowest BCUT2D eigenvalue weighted by Crippen LogP contribution is -2.22. The molecule has 0 unspecified atom stereocenters. The van der Waals surface area contributed by atoms with Gasteiger partial charge in [-0.3, -0.25) is 4.79 Å². The summed E-state index contributed by atoms with van der Waals surface area (Å²) in [6, 6.07) is 5.06. The van der Waals surface area contributed by atoms with Crippen LogP contribution in [0.15, 0.2) is 29.2 Å². The van der Waals surface area contributed by atoms with E-state index in [1.165, 1.54) is 7.11 Å². The number of benzene rings is 1. The van der Waals surface area contributed by atoms with Crippen molar-refractivity contribution in [3.8, 4) is 0 Å². The topological polar surface area (TPSA) is 48.3 Å². The minimum absolute atomic E-state index is 0.0654. The number of carbonyl (C=O) groups excluding carboxylic acids is 1. The Kier molecular flexibility index (Phi) is 3.42. The highest BCUT2D eigenvalue weighted by Crippen LogP contribution is 2.29. The number of nitrogens with zero attached hydrogens (tertiary/aromatic N) is 1. The molecule has 0 aliphatic carbocycles. The number of fused-ring (bicyclic) bond motifs is 1. The average Bonchev–Trinajstić information content (AvgIpc) is 2.40. The minimum atomic E-state index is -0.396. The molecule has 0 N–H and O–H groups in total. The smallest absolute Gasteiger partial charge is 0.337 e. The van der Waals surface area contributed by atoms with Crippen molar-refractivity contribution in [2.45, 2.75) is 26.2 Å². The molecule has 0 saturated heterocycles. The predicted octanol–water partition coefficient (Wildman–Crippen LogP) is 2.62. The summed E-state index contributed by atoms with van der Waals surface area (Å²) in [6.45, 7) is 6.24. The highest BCUT2D eigenvalue weighted by Gasteiger charge is 2.20. The van der Waals surface area contributed by atoms with Crippen LogP contribution in [-0.4, -0.2) is 17.6 Å². The molecule has 0 radical (unpaired) electrons. The summed E-state index contributed by atoms with van der Waals surface area (Å²) >= 11 is 0. The van der Waals surface area contributed by atoms with Crippen molar-refractivity contribution >= 4 is 16.7 Å². The van der Waals surface area contributed by atoms with Crippen molar-refractivity contribution in [3.63, 3.8) is 0 Å². The highest BCUT2D eigenvalue weighted by atomic mass is 16.5. The molecule has 1 aromatic carbocycles. The molecule has 2 rings (SSSR count). The fraction of sp³-hybridized carbons (Fsp3) is 0.375. The van der Waals surface area contributed by atoms with E-state index in [1.54, 1.807) is 29.8 Å². The van der Waals surface area contributed by atoms with Crippen LogP contribution in [0.1, 0.15) is 36.7 Å². The normalized spacial score (nSPS) is 11.7. The van der Waals surface area contributed by atoms with Crippen LogP contribution in [0.3, 0.4) is 0 Å². The number of ether oxygens (including phenoxy) is 1. The number of pyridine rings is 1. The Labute approximate surface area is 118 Å². The zero-order chi connectivity index (χ0) is 15.1. The second-order valence-corrected chi connectivity index (χ2v) is 5.96. The van der Waals surface area contributed by atoms with E-state index in [2.05, 4.69) is 20.8 Å². The van der Waals surface area contributed by atoms with Crippen LogP contribution in [0, 0.1) is 0 Å². The van der Waals surface area contributed by atoms with E-state index in [0.29, 0.717) is 10.9 Å². The molecule has 4 heteroatoms. The molecule has 1 aromatic heterocycles. The molecule has 4 nitrogen and oxygen atoms in total. The van der Waals surface area contributed by atoms with E-state index < -0.39 is 5.97 Å². The Hall–Kier alpha value is -2.10. The van der Waals surface area contributed by atoms with Gasteiger partial charge in [0.1, 0.15) is 0 Å². The first-order valence-electron chi connectivity index (χ1n) is 6.48. The molecular weight excluding hydrogens is 254 g/mol. The van der Waals surface area contributed by atoms with Gasteiger partial charge in [0.15, 0.2) is 0 Å². The van der Waals surface area contributed by atoms with Gasteiger partial charge in [0.25, 0.3) is 5.56 Å². The number of aromatic nitrogens is 1. The van der Waals surface area contributed by atoms with E-state index in [9.17, 15) is 9.59 Å². The summed E-state index contributed by atoms with van der Waals surface area (Å²) in [5.74, 6) is -0.396. The number of hydrogen-bond acceptors (Lipinski definition) is 3. The molecule has 0 saturated carbocycles. The summed E-state index contributed by atoms with van der Waals surface area (Å²) in [5.41, 5.74) is 1.29. The standard InChI is InChI=1S/C16H19NO3/c1-16(2,3)13-9-17(4)14(18)11-7-6-10(8-12(11)13)15(19)20-5/h6-9H,1-5H3. The van der Waals surface area contributed by atoms with Crippen LogP contribution < -0.4 is 5.56 Å². The van der Waals surface area contributed by atoms with Gasteiger partial charge in [0.05, 0.1) is 12.7 Å². The maximum absolute atomic E-state index is 12.2. The third-order valence-corrected chi connectivity index (χ3v) is 3.41. The average molecular weight is 273 g/mol. The van der Waals surface area contributed by atoms with Crippen molar-refractivity contribution in [2.75, 3.05) is 7.11 Å². The highest BCUT2D eigenvalue weighted by molar-refractivity contribution is 5.96.